The summed E-state index contributed by atoms with van der Waals surface area (Å²) in [4.78, 5) is 27.6. The van der Waals surface area contributed by atoms with Crippen LogP contribution < -0.4 is 5.56 Å². The largest absolute Gasteiger partial charge is 0.481 e. The van der Waals surface area contributed by atoms with E-state index in [9.17, 15) is 9.59 Å². The van der Waals surface area contributed by atoms with E-state index in [1.54, 1.807) is 17.8 Å². The molecule has 2 heterocycles. The summed E-state index contributed by atoms with van der Waals surface area (Å²) in [7, 11) is 1.63. The smallest absolute Gasteiger partial charge is 0.305 e. The van der Waals surface area contributed by atoms with Gasteiger partial charge in [0.15, 0.2) is 0 Å². The summed E-state index contributed by atoms with van der Waals surface area (Å²) in [5.41, 5.74) is 2.63. The average Bonchev–Trinajstić information content (AvgIpc) is 2.89. The number of aromatic nitrogens is 3. The van der Waals surface area contributed by atoms with Crippen LogP contribution in [0.5, 0.6) is 0 Å². The van der Waals surface area contributed by atoms with E-state index in [1.165, 1.54) is 10.9 Å². The summed E-state index contributed by atoms with van der Waals surface area (Å²) < 4.78 is 3.08. The fraction of sp³-hybridized carbons (Fsp3) is 0.188. The van der Waals surface area contributed by atoms with E-state index in [1.807, 2.05) is 30.3 Å². The van der Waals surface area contributed by atoms with Crippen molar-refractivity contribution in [3.63, 3.8) is 0 Å². The molecule has 3 rings (SSSR count). The third-order valence-electron chi connectivity index (χ3n) is 3.59. The zero-order valence-corrected chi connectivity index (χ0v) is 12.1. The Balaban J connectivity index is 2.24. The van der Waals surface area contributed by atoms with Crippen LogP contribution in [0.4, 0.5) is 0 Å². The van der Waals surface area contributed by atoms with Gasteiger partial charge in [-0.3, -0.25) is 9.59 Å². The van der Waals surface area contributed by atoms with Gasteiger partial charge in [0.05, 0.1) is 12.7 Å². The van der Waals surface area contributed by atoms with Crippen LogP contribution in [0, 0.1) is 0 Å². The fourth-order valence-corrected chi connectivity index (χ4v) is 2.49. The number of benzene rings is 1. The molecule has 22 heavy (non-hydrogen) atoms. The maximum atomic E-state index is 12.4. The summed E-state index contributed by atoms with van der Waals surface area (Å²) in [5, 5.41) is 8.88. The van der Waals surface area contributed by atoms with Crippen LogP contribution in [0.1, 0.15) is 6.42 Å². The molecule has 6 heteroatoms. The molecule has 0 unspecified atom stereocenters. The third kappa shape index (κ3) is 2.39. The van der Waals surface area contributed by atoms with Crippen molar-refractivity contribution in [1.82, 2.24) is 14.1 Å². The number of hydrogen-bond acceptors (Lipinski definition) is 3. The zero-order valence-electron chi connectivity index (χ0n) is 12.1. The van der Waals surface area contributed by atoms with Gasteiger partial charge in [-0.25, -0.2) is 4.98 Å². The summed E-state index contributed by atoms with van der Waals surface area (Å²) in [6.45, 7) is 0.236. The van der Waals surface area contributed by atoms with E-state index in [0.29, 0.717) is 11.0 Å². The maximum absolute atomic E-state index is 12.4. The molecule has 112 valence electrons. The van der Waals surface area contributed by atoms with Gasteiger partial charge in [0, 0.05) is 25.4 Å². The van der Waals surface area contributed by atoms with Gasteiger partial charge in [-0.05, 0) is 5.56 Å². The minimum atomic E-state index is -0.899. The van der Waals surface area contributed by atoms with Gasteiger partial charge in [0.25, 0.3) is 5.56 Å². The SMILES string of the molecule is Cn1cnc2c(-c3ccccc3)cn(CCC(=O)O)c2c1=O. The lowest BCUT2D eigenvalue weighted by Gasteiger charge is -2.03. The van der Waals surface area contributed by atoms with Gasteiger partial charge in [-0.1, -0.05) is 30.3 Å². The predicted octanol–water partition coefficient (Wildman–Crippen LogP) is 1.88. The molecule has 3 aromatic rings. The maximum Gasteiger partial charge on any atom is 0.305 e. The van der Waals surface area contributed by atoms with Crippen molar-refractivity contribution in [3.05, 3.63) is 53.2 Å². The van der Waals surface area contributed by atoms with Gasteiger partial charge in [0.2, 0.25) is 0 Å². The van der Waals surface area contributed by atoms with Gasteiger partial charge < -0.3 is 14.2 Å². The average molecular weight is 297 g/mol. The van der Waals surface area contributed by atoms with Crippen molar-refractivity contribution in [1.29, 1.82) is 0 Å². The standard InChI is InChI=1S/C16H15N3O3/c1-18-10-17-14-12(11-5-3-2-4-6-11)9-19(8-7-13(20)21)15(14)16(18)22/h2-6,9-10H,7-8H2,1H3,(H,20,21). The van der Waals surface area contributed by atoms with Crippen LogP contribution in [-0.4, -0.2) is 25.2 Å². The Morgan fingerprint density at radius 2 is 2.00 bits per heavy atom. The van der Waals surface area contributed by atoms with Crippen LogP contribution in [-0.2, 0) is 18.4 Å². The van der Waals surface area contributed by atoms with Crippen LogP contribution in [0.3, 0.4) is 0 Å². The Morgan fingerprint density at radius 3 is 2.68 bits per heavy atom. The van der Waals surface area contributed by atoms with Crippen molar-refractivity contribution in [2.45, 2.75) is 13.0 Å². The number of nitrogens with zero attached hydrogens (tertiary/aromatic N) is 3. The minimum absolute atomic E-state index is 0.0456. The highest BCUT2D eigenvalue weighted by molar-refractivity contribution is 5.92. The molecule has 0 aliphatic rings. The molecule has 0 radical (unpaired) electrons. The number of rotatable bonds is 4. The number of carbonyl (C=O) groups is 1. The van der Waals surface area contributed by atoms with E-state index in [4.69, 9.17) is 5.11 Å². The van der Waals surface area contributed by atoms with Gasteiger partial charge in [-0.2, -0.15) is 0 Å². The molecule has 0 fully saturated rings. The molecule has 2 aromatic heterocycles. The van der Waals surface area contributed by atoms with E-state index in [-0.39, 0.29) is 18.5 Å². The molecule has 0 spiro atoms. The molecular formula is C16H15N3O3. The first kappa shape index (κ1) is 14.1. The van der Waals surface area contributed by atoms with Crippen LogP contribution in [0.25, 0.3) is 22.2 Å². The second-order valence-electron chi connectivity index (χ2n) is 5.10. The quantitative estimate of drug-likeness (QED) is 0.797. The van der Waals surface area contributed by atoms with E-state index in [0.717, 1.165) is 11.1 Å². The second kappa shape index (κ2) is 5.48. The number of aryl methyl sites for hydroxylation is 2. The van der Waals surface area contributed by atoms with Gasteiger partial charge in [-0.15, -0.1) is 0 Å². The first-order valence-electron chi connectivity index (χ1n) is 6.89. The molecular weight excluding hydrogens is 282 g/mol. The first-order valence-corrected chi connectivity index (χ1v) is 6.89. The summed E-state index contributed by atoms with van der Waals surface area (Å²) >= 11 is 0. The Bertz CT molecular complexity index is 894. The molecule has 0 saturated heterocycles. The fourth-order valence-electron chi connectivity index (χ4n) is 2.49. The van der Waals surface area contributed by atoms with Crippen molar-refractivity contribution in [3.8, 4) is 11.1 Å². The lowest BCUT2D eigenvalue weighted by atomic mass is 10.1. The van der Waals surface area contributed by atoms with Crippen molar-refractivity contribution in [2.75, 3.05) is 0 Å². The highest BCUT2D eigenvalue weighted by Gasteiger charge is 2.15. The molecule has 1 N–H and O–H groups in total. The van der Waals surface area contributed by atoms with E-state index >= 15 is 0 Å². The minimum Gasteiger partial charge on any atom is -0.481 e. The van der Waals surface area contributed by atoms with Gasteiger partial charge in [0.1, 0.15) is 11.0 Å². The van der Waals surface area contributed by atoms with Crippen molar-refractivity contribution < 1.29 is 9.90 Å². The number of carboxylic acid groups (broad SMARTS) is 1. The Morgan fingerprint density at radius 1 is 1.27 bits per heavy atom. The summed E-state index contributed by atoms with van der Waals surface area (Å²) in [6, 6.07) is 9.62. The van der Waals surface area contributed by atoms with Crippen molar-refractivity contribution in [2.24, 2.45) is 7.05 Å². The van der Waals surface area contributed by atoms with Crippen LogP contribution >= 0.6 is 0 Å². The monoisotopic (exact) mass is 297 g/mol. The summed E-state index contributed by atoms with van der Waals surface area (Å²) in [5.74, 6) is -0.899. The highest BCUT2D eigenvalue weighted by atomic mass is 16.4. The lowest BCUT2D eigenvalue weighted by Crippen LogP contribution is -2.19. The first-order chi connectivity index (χ1) is 10.6. The Labute approximate surface area is 126 Å². The zero-order chi connectivity index (χ0) is 15.7. The molecule has 0 atom stereocenters. The number of hydrogen-bond donors (Lipinski definition) is 1. The molecule has 0 aliphatic carbocycles. The molecule has 6 nitrogen and oxygen atoms in total. The highest BCUT2D eigenvalue weighted by Crippen LogP contribution is 2.27. The molecule has 0 aliphatic heterocycles. The molecule has 0 bridgehead atoms. The molecule has 0 amide bonds. The normalized spacial score (nSPS) is 11.0. The Hall–Kier alpha value is -2.89. The molecule has 0 saturated carbocycles. The van der Waals surface area contributed by atoms with Crippen molar-refractivity contribution >= 4 is 17.0 Å². The van der Waals surface area contributed by atoms with E-state index in [2.05, 4.69) is 4.98 Å². The van der Waals surface area contributed by atoms with Gasteiger partial charge >= 0.3 is 5.97 Å². The predicted molar refractivity (Wildman–Crippen MR) is 82.7 cm³/mol. The number of aliphatic carboxylic acids is 1. The third-order valence-corrected chi connectivity index (χ3v) is 3.59. The lowest BCUT2D eigenvalue weighted by molar-refractivity contribution is -0.137. The molecule has 1 aromatic carbocycles. The topological polar surface area (TPSA) is 77.1 Å². The summed E-state index contributed by atoms with van der Waals surface area (Å²) in [6.07, 6.45) is 3.24. The Kier molecular flexibility index (Phi) is 3.50. The van der Waals surface area contributed by atoms with Crippen LogP contribution in [0.2, 0.25) is 0 Å². The van der Waals surface area contributed by atoms with E-state index < -0.39 is 5.97 Å². The second-order valence-corrected chi connectivity index (χ2v) is 5.10. The number of fused-ring (bicyclic) bond motifs is 1. The van der Waals surface area contributed by atoms with Crippen LogP contribution in [0.15, 0.2) is 47.7 Å². The number of carboxylic acids is 1.